The molecule has 0 aromatic carbocycles. The minimum absolute atomic E-state index is 0.0571. The van der Waals surface area contributed by atoms with E-state index in [2.05, 4.69) is 74.7 Å². The number of carbonyl (C=O) groups is 2. The van der Waals surface area contributed by atoms with Crippen LogP contribution in [0.3, 0.4) is 0 Å². The molecule has 0 aromatic heterocycles. The van der Waals surface area contributed by atoms with Crippen molar-refractivity contribution >= 4 is 11.9 Å². The van der Waals surface area contributed by atoms with Gasteiger partial charge in [0.1, 0.15) is 6.10 Å². The van der Waals surface area contributed by atoms with E-state index in [9.17, 15) is 19.8 Å². The van der Waals surface area contributed by atoms with Crippen LogP contribution in [0.15, 0.2) is 48.6 Å². The maximum atomic E-state index is 13.1. The first-order chi connectivity index (χ1) is 26.5. The average Bonchev–Trinajstić information content (AvgIpc) is 3.16. The van der Waals surface area contributed by atoms with Crippen molar-refractivity contribution in [1.29, 1.82) is 0 Å². The van der Waals surface area contributed by atoms with E-state index in [0.717, 1.165) is 96.3 Å². The number of aliphatic hydroxyl groups is 2. The lowest BCUT2D eigenvalue weighted by atomic mass is 10.0. The van der Waals surface area contributed by atoms with Crippen LogP contribution in [0, 0.1) is 0 Å². The highest BCUT2D eigenvalue weighted by molar-refractivity contribution is 5.77. The Morgan fingerprint density at radius 1 is 0.537 bits per heavy atom. The number of esters is 1. The summed E-state index contributed by atoms with van der Waals surface area (Å²) in [6, 6.07) is -0.707. The van der Waals surface area contributed by atoms with Crippen molar-refractivity contribution in [2.45, 2.75) is 238 Å². The van der Waals surface area contributed by atoms with Crippen LogP contribution in [0.25, 0.3) is 0 Å². The fourth-order valence-corrected chi connectivity index (χ4v) is 6.67. The number of unbranched alkanes of at least 4 members (excludes halogenated alkanes) is 22. The van der Waals surface area contributed by atoms with Crippen LogP contribution >= 0.6 is 0 Å². The van der Waals surface area contributed by atoms with E-state index in [1.54, 1.807) is 0 Å². The van der Waals surface area contributed by atoms with Crippen molar-refractivity contribution in [1.82, 2.24) is 5.32 Å². The van der Waals surface area contributed by atoms with Crippen LogP contribution in [0.1, 0.15) is 220 Å². The summed E-state index contributed by atoms with van der Waals surface area (Å²) in [5.41, 5.74) is 0. The Balaban J connectivity index is 4.51. The van der Waals surface area contributed by atoms with E-state index in [0.29, 0.717) is 19.3 Å². The van der Waals surface area contributed by atoms with Crippen molar-refractivity contribution in [3.05, 3.63) is 48.6 Å². The third-order valence-electron chi connectivity index (χ3n) is 10.2. The van der Waals surface area contributed by atoms with Crippen molar-refractivity contribution in [3.8, 4) is 0 Å². The van der Waals surface area contributed by atoms with E-state index in [4.69, 9.17) is 4.74 Å². The topological polar surface area (TPSA) is 95.9 Å². The molecule has 1 amide bonds. The molecule has 0 saturated carbocycles. The van der Waals surface area contributed by atoms with Gasteiger partial charge in [-0.2, -0.15) is 0 Å². The highest BCUT2D eigenvalue weighted by Crippen LogP contribution is 2.17. The van der Waals surface area contributed by atoms with Gasteiger partial charge >= 0.3 is 5.97 Å². The normalized spacial score (nSPS) is 13.8. The molecule has 6 heteroatoms. The van der Waals surface area contributed by atoms with Gasteiger partial charge in [0.25, 0.3) is 0 Å². The van der Waals surface area contributed by atoms with Crippen LogP contribution in [0.4, 0.5) is 0 Å². The molecule has 0 aliphatic carbocycles. The third kappa shape index (κ3) is 36.8. The minimum Gasteiger partial charge on any atom is -0.462 e. The Labute approximate surface area is 334 Å². The van der Waals surface area contributed by atoms with E-state index < -0.39 is 18.2 Å². The molecule has 3 atom stereocenters. The van der Waals surface area contributed by atoms with E-state index in [1.165, 1.54) is 77.0 Å². The summed E-state index contributed by atoms with van der Waals surface area (Å²) < 4.78 is 5.86. The fourth-order valence-electron chi connectivity index (χ4n) is 6.67. The van der Waals surface area contributed by atoms with Gasteiger partial charge in [-0.05, 0) is 70.6 Å². The van der Waals surface area contributed by atoms with Crippen LogP contribution in [0.5, 0.6) is 0 Å². The molecule has 0 aliphatic rings. The molecular weight excluding hydrogens is 671 g/mol. The number of carbonyl (C=O) groups excluding carboxylic acids is 2. The second-order valence-electron chi connectivity index (χ2n) is 15.5. The standard InChI is InChI=1S/C48H87NO5/c1-4-7-10-13-16-19-20-21-22-23-24-25-26-27-29-32-35-38-41-48(53)54-44(39-36-33-30-18-15-12-9-6-3)42-47(52)49-45(43-50)46(51)40-37-34-31-28-17-14-11-8-5-2/h12,15,20-25,44-46,50-51H,4-11,13-14,16-19,26-43H2,1-3H3,(H,49,52)/b15-12-,21-20+,23-22+,25-24+. The Morgan fingerprint density at radius 2 is 1.00 bits per heavy atom. The summed E-state index contributed by atoms with van der Waals surface area (Å²) >= 11 is 0. The maximum absolute atomic E-state index is 13.1. The van der Waals surface area contributed by atoms with Crippen molar-refractivity contribution in [2.75, 3.05) is 6.61 Å². The molecule has 0 bridgehead atoms. The monoisotopic (exact) mass is 758 g/mol. The number of hydrogen-bond donors (Lipinski definition) is 3. The Kier molecular flexibility index (Phi) is 40.3. The number of ether oxygens (including phenoxy) is 1. The number of nitrogens with one attached hydrogen (secondary N) is 1. The zero-order valence-corrected chi connectivity index (χ0v) is 35.6. The Hall–Kier alpha value is -2.18. The number of aliphatic hydroxyl groups excluding tert-OH is 2. The van der Waals surface area contributed by atoms with Crippen molar-refractivity contribution < 1.29 is 24.5 Å². The molecule has 0 rings (SSSR count). The van der Waals surface area contributed by atoms with Gasteiger partial charge in [-0.25, -0.2) is 0 Å². The molecule has 0 heterocycles. The van der Waals surface area contributed by atoms with Gasteiger partial charge in [0.15, 0.2) is 0 Å². The fraction of sp³-hybridized carbons (Fsp3) is 0.792. The van der Waals surface area contributed by atoms with Gasteiger partial charge < -0.3 is 20.3 Å². The molecule has 0 radical (unpaired) electrons. The van der Waals surface area contributed by atoms with Crippen LogP contribution in [0.2, 0.25) is 0 Å². The molecule has 0 saturated heterocycles. The summed E-state index contributed by atoms with van der Waals surface area (Å²) in [7, 11) is 0. The summed E-state index contributed by atoms with van der Waals surface area (Å²) in [6.45, 7) is 6.35. The minimum atomic E-state index is -0.792. The lowest BCUT2D eigenvalue weighted by molar-refractivity contribution is -0.151. The predicted octanol–water partition coefficient (Wildman–Crippen LogP) is 13.1. The third-order valence-corrected chi connectivity index (χ3v) is 10.2. The number of allylic oxidation sites excluding steroid dienone is 8. The molecule has 0 spiro atoms. The molecule has 0 aromatic rings. The average molecular weight is 758 g/mol. The van der Waals surface area contributed by atoms with E-state index in [1.807, 2.05) is 0 Å². The molecular formula is C48H87NO5. The summed E-state index contributed by atoms with van der Waals surface area (Å²) in [4.78, 5) is 25.9. The second-order valence-corrected chi connectivity index (χ2v) is 15.5. The molecule has 0 fully saturated rings. The first-order valence-electron chi connectivity index (χ1n) is 22.9. The van der Waals surface area contributed by atoms with Crippen LogP contribution in [-0.2, 0) is 14.3 Å². The molecule has 0 aliphatic heterocycles. The van der Waals surface area contributed by atoms with Crippen LogP contribution in [-0.4, -0.2) is 46.9 Å². The lowest BCUT2D eigenvalue weighted by Crippen LogP contribution is -2.46. The number of rotatable bonds is 40. The molecule has 54 heavy (non-hydrogen) atoms. The van der Waals surface area contributed by atoms with Crippen molar-refractivity contribution in [2.24, 2.45) is 0 Å². The number of hydrogen-bond acceptors (Lipinski definition) is 5. The summed E-state index contributed by atoms with van der Waals surface area (Å²) in [5, 5.41) is 23.5. The zero-order valence-electron chi connectivity index (χ0n) is 35.6. The summed E-state index contributed by atoms with van der Waals surface area (Å²) in [6.07, 6.45) is 49.0. The summed E-state index contributed by atoms with van der Waals surface area (Å²) in [5.74, 6) is -0.519. The number of amides is 1. The Morgan fingerprint density at radius 3 is 1.56 bits per heavy atom. The second kappa shape index (κ2) is 42.0. The van der Waals surface area contributed by atoms with E-state index >= 15 is 0 Å². The highest BCUT2D eigenvalue weighted by atomic mass is 16.5. The highest BCUT2D eigenvalue weighted by Gasteiger charge is 2.24. The zero-order chi connectivity index (χ0) is 39.6. The van der Waals surface area contributed by atoms with Gasteiger partial charge in [-0.3, -0.25) is 9.59 Å². The molecule has 6 nitrogen and oxygen atoms in total. The maximum Gasteiger partial charge on any atom is 0.306 e. The van der Waals surface area contributed by atoms with Crippen molar-refractivity contribution in [3.63, 3.8) is 0 Å². The lowest BCUT2D eigenvalue weighted by Gasteiger charge is -2.24. The van der Waals surface area contributed by atoms with Gasteiger partial charge in [0.2, 0.25) is 5.91 Å². The SMILES string of the molecule is CCC/C=C\CCCCCC(CC(=O)NC(CO)C(O)CCCCCCCCCCC)OC(=O)CCCCCCC/C=C/C=C/C=C/CCCCCCC. The van der Waals surface area contributed by atoms with Gasteiger partial charge in [0.05, 0.1) is 25.2 Å². The van der Waals surface area contributed by atoms with Gasteiger partial charge in [0, 0.05) is 6.42 Å². The quantitative estimate of drug-likeness (QED) is 0.0250. The predicted molar refractivity (Wildman–Crippen MR) is 232 cm³/mol. The largest absolute Gasteiger partial charge is 0.462 e. The molecule has 314 valence electrons. The molecule has 3 unspecified atom stereocenters. The van der Waals surface area contributed by atoms with Gasteiger partial charge in [-0.15, -0.1) is 0 Å². The van der Waals surface area contributed by atoms with Gasteiger partial charge in [-0.1, -0.05) is 185 Å². The smallest absolute Gasteiger partial charge is 0.306 e. The van der Waals surface area contributed by atoms with Crippen LogP contribution < -0.4 is 5.32 Å². The molecule has 3 N–H and O–H groups in total. The first kappa shape index (κ1) is 51.8. The Bertz CT molecular complexity index is 941. The first-order valence-corrected chi connectivity index (χ1v) is 22.9. The van der Waals surface area contributed by atoms with E-state index in [-0.39, 0.29) is 24.9 Å².